The first-order valence-electron chi connectivity index (χ1n) is 8.95. The molecule has 30 heavy (non-hydrogen) atoms. The van der Waals surface area contributed by atoms with Crippen molar-refractivity contribution in [1.82, 2.24) is 15.0 Å². The maximum atomic E-state index is 12.6. The molecule has 0 aliphatic rings. The number of nitrogens with one attached hydrogen (secondary N) is 1. The van der Waals surface area contributed by atoms with Crippen LogP contribution in [0.15, 0.2) is 48.5 Å². The first-order chi connectivity index (χ1) is 14.4. The maximum Gasteiger partial charge on any atom is 0.387 e. The number of ether oxygens (including phenoxy) is 2. The lowest BCUT2D eigenvalue weighted by atomic mass is 10.2. The molecular weight excluding hydrogens is 398 g/mol. The minimum atomic E-state index is -2.91. The molecule has 10 heteroatoms. The van der Waals surface area contributed by atoms with E-state index in [4.69, 9.17) is 4.74 Å². The normalized spacial score (nSPS) is 10.7. The summed E-state index contributed by atoms with van der Waals surface area (Å²) in [5.74, 6) is -0.921. The van der Waals surface area contributed by atoms with Crippen LogP contribution in [0.4, 0.5) is 14.5 Å². The molecule has 1 heterocycles. The molecule has 1 N–H and O–H groups in total. The van der Waals surface area contributed by atoms with Crippen LogP contribution in [0.25, 0.3) is 5.69 Å². The minimum absolute atomic E-state index is 0.00995. The quantitative estimate of drug-likeness (QED) is 0.592. The molecular formula is C20H18F2N4O4. The second kappa shape index (κ2) is 9.12. The monoisotopic (exact) mass is 416 g/mol. The third kappa shape index (κ3) is 4.77. The van der Waals surface area contributed by atoms with Gasteiger partial charge in [-0.1, -0.05) is 5.21 Å². The molecule has 3 aromatic rings. The van der Waals surface area contributed by atoms with E-state index >= 15 is 0 Å². The van der Waals surface area contributed by atoms with E-state index in [0.29, 0.717) is 22.6 Å². The van der Waals surface area contributed by atoms with Gasteiger partial charge in [0.2, 0.25) is 0 Å². The van der Waals surface area contributed by atoms with Crippen molar-refractivity contribution in [2.24, 2.45) is 0 Å². The van der Waals surface area contributed by atoms with Gasteiger partial charge in [0, 0.05) is 5.69 Å². The van der Waals surface area contributed by atoms with Crippen molar-refractivity contribution in [3.63, 3.8) is 0 Å². The zero-order valence-electron chi connectivity index (χ0n) is 16.1. The van der Waals surface area contributed by atoms with Gasteiger partial charge in [-0.3, -0.25) is 4.79 Å². The summed E-state index contributed by atoms with van der Waals surface area (Å²) < 4.78 is 35.1. The standard InChI is InChI=1S/C20H18F2N4O4/c1-3-29-19(28)13-4-6-14(7-5-13)23-18(27)17-12(2)26(25-24-17)15-8-10-16(11-9-15)30-20(21)22/h4-11,20H,3H2,1-2H3,(H,23,27). The summed E-state index contributed by atoms with van der Waals surface area (Å²) in [6.07, 6.45) is 0. The average Bonchev–Trinajstić information content (AvgIpc) is 3.10. The molecule has 0 spiro atoms. The largest absolute Gasteiger partial charge is 0.462 e. The van der Waals surface area contributed by atoms with E-state index in [-0.39, 0.29) is 18.1 Å². The first kappa shape index (κ1) is 20.9. The Kier molecular flexibility index (Phi) is 6.35. The lowest BCUT2D eigenvalue weighted by Crippen LogP contribution is -2.14. The van der Waals surface area contributed by atoms with E-state index in [1.54, 1.807) is 38.1 Å². The van der Waals surface area contributed by atoms with E-state index in [9.17, 15) is 18.4 Å². The number of halogens is 2. The van der Waals surface area contributed by atoms with Gasteiger partial charge < -0.3 is 14.8 Å². The Morgan fingerprint density at radius 2 is 1.77 bits per heavy atom. The van der Waals surface area contributed by atoms with Gasteiger partial charge in [0.05, 0.1) is 23.6 Å². The number of nitrogens with zero attached hydrogens (tertiary/aromatic N) is 3. The van der Waals surface area contributed by atoms with Gasteiger partial charge in [-0.05, 0) is 62.4 Å². The predicted molar refractivity (Wildman–Crippen MR) is 103 cm³/mol. The van der Waals surface area contributed by atoms with Gasteiger partial charge in [0.1, 0.15) is 5.75 Å². The number of rotatable bonds is 7. The molecule has 0 saturated heterocycles. The number of hydrogen-bond donors (Lipinski definition) is 1. The number of alkyl halides is 2. The molecule has 0 saturated carbocycles. The van der Waals surface area contributed by atoms with Gasteiger partial charge in [0.15, 0.2) is 5.69 Å². The number of carbonyl (C=O) groups excluding carboxylic acids is 2. The van der Waals surface area contributed by atoms with Crippen LogP contribution < -0.4 is 10.1 Å². The molecule has 0 unspecified atom stereocenters. The highest BCUT2D eigenvalue weighted by Crippen LogP contribution is 2.19. The zero-order chi connectivity index (χ0) is 21.7. The second-order valence-electron chi connectivity index (χ2n) is 6.06. The van der Waals surface area contributed by atoms with E-state index in [1.165, 1.54) is 28.9 Å². The molecule has 1 amide bonds. The summed E-state index contributed by atoms with van der Waals surface area (Å²) in [7, 11) is 0. The number of esters is 1. The molecule has 0 bridgehead atoms. The SMILES string of the molecule is CCOC(=O)c1ccc(NC(=O)c2nnn(-c3ccc(OC(F)F)cc3)c2C)cc1. The van der Waals surface area contributed by atoms with Crippen molar-refractivity contribution in [1.29, 1.82) is 0 Å². The molecule has 1 aromatic heterocycles. The first-order valence-corrected chi connectivity index (χ1v) is 8.95. The van der Waals surface area contributed by atoms with Gasteiger partial charge in [0.25, 0.3) is 5.91 Å². The zero-order valence-corrected chi connectivity index (χ0v) is 16.1. The smallest absolute Gasteiger partial charge is 0.387 e. The van der Waals surface area contributed by atoms with Crippen molar-refractivity contribution in [2.75, 3.05) is 11.9 Å². The average molecular weight is 416 g/mol. The fraction of sp³-hybridized carbons (Fsp3) is 0.200. The Labute approximate surface area is 170 Å². The maximum absolute atomic E-state index is 12.6. The van der Waals surface area contributed by atoms with E-state index in [1.807, 2.05) is 0 Å². The van der Waals surface area contributed by atoms with Gasteiger partial charge >= 0.3 is 12.6 Å². The van der Waals surface area contributed by atoms with E-state index < -0.39 is 18.5 Å². The van der Waals surface area contributed by atoms with Gasteiger partial charge in [-0.25, -0.2) is 9.48 Å². The molecule has 2 aromatic carbocycles. The molecule has 0 radical (unpaired) electrons. The number of carbonyl (C=O) groups is 2. The predicted octanol–water partition coefficient (Wildman–Crippen LogP) is 3.61. The summed E-state index contributed by atoms with van der Waals surface area (Å²) >= 11 is 0. The Hall–Kier alpha value is -3.82. The molecule has 156 valence electrons. The Morgan fingerprint density at radius 3 is 2.37 bits per heavy atom. The summed E-state index contributed by atoms with van der Waals surface area (Å²) in [4.78, 5) is 24.2. The highest BCUT2D eigenvalue weighted by Gasteiger charge is 2.18. The van der Waals surface area contributed by atoms with Crippen molar-refractivity contribution in [3.8, 4) is 11.4 Å². The second-order valence-corrected chi connectivity index (χ2v) is 6.06. The third-order valence-electron chi connectivity index (χ3n) is 4.07. The molecule has 3 rings (SSSR count). The topological polar surface area (TPSA) is 95.3 Å². The summed E-state index contributed by atoms with van der Waals surface area (Å²) in [5.41, 5.74) is 1.92. The van der Waals surface area contributed by atoms with Gasteiger partial charge in [-0.15, -0.1) is 5.10 Å². The molecule has 0 aliphatic heterocycles. The van der Waals surface area contributed by atoms with Crippen LogP contribution in [-0.4, -0.2) is 40.1 Å². The van der Waals surface area contributed by atoms with E-state index in [2.05, 4.69) is 20.4 Å². The molecule has 0 atom stereocenters. The number of anilines is 1. The number of amides is 1. The van der Waals surface area contributed by atoms with Crippen LogP contribution in [0.1, 0.15) is 33.5 Å². The summed E-state index contributed by atoms with van der Waals surface area (Å²) in [5, 5.41) is 10.5. The number of aromatic nitrogens is 3. The summed E-state index contributed by atoms with van der Waals surface area (Å²) in [6.45, 7) is 0.731. The highest BCUT2D eigenvalue weighted by atomic mass is 19.3. The Bertz CT molecular complexity index is 1030. The van der Waals surface area contributed by atoms with Crippen molar-refractivity contribution >= 4 is 17.6 Å². The van der Waals surface area contributed by atoms with Crippen molar-refractivity contribution in [3.05, 3.63) is 65.5 Å². The van der Waals surface area contributed by atoms with Gasteiger partial charge in [-0.2, -0.15) is 8.78 Å². The van der Waals surface area contributed by atoms with Crippen LogP contribution in [0.3, 0.4) is 0 Å². The fourth-order valence-corrected chi connectivity index (χ4v) is 2.65. The minimum Gasteiger partial charge on any atom is -0.462 e. The van der Waals surface area contributed by atoms with Crippen LogP contribution in [0, 0.1) is 6.92 Å². The summed E-state index contributed by atoms with van der Waals surface area (Å²) in [6, 6.07) is 12.0. The fourth-order valence-electron chi connectivity index (χ4n) is 2.65. The van der Waals surface area contributed by atoms with Crippen LogP contribution in [0.2, 0.25) is 0 Å². The highest BCUT2D eigenvalue weighted by molar-refractivity contribution is 6.03. The molecule has 8 nitrogen and oxygen atoms in total. The van der Waals surface area contributed by atoms with Crippen molar-refractivity contribution < 1.29 is 27.8 Å². The van der Waals surface area contributed by atoms with Crippen LogP contribution >= 0.6 is 0 Å². The van der Waals surface area contributed by atoms with Crippen LogP contribution in [-0.2, 0) is 4.74 Å². The lowest BCUT2D eigenvalue weighted by molar-refractivity contribution is -0.0498. The number of benzene rings is 2. The Balaban J connectivity index is 1.72. The lowest BCUT2D eigenvalue weighted by Gasteiger charge is -2.07. The number of hydrogen-bond acceptors (Lipinski definition) is 6. The van der Waals surface area contributed by atoms with Crippen molar-refractivity contribution in [2.45, 2.75) is 20.5 Å². The van der Waals surface area contributed by atoms with Crippen LogP contribution in [0.5, 0.6) is 5.75 Å². The molecule has 0 aliphatic carbocycles. The third-order valence-corrected chi connectivity index (χ3v) is 4.07. The van der Waals surface area contributed by atoms with E-state index in [0.717, 1.165) is 0 Å². The Morgan fingerprint density at radius 1 is 1.10 bits per heavy atom. The molecule has 0 fully saturated rings.